The molecule has 11 heavy (non-hydrogen) atoms. The number of allylic oxidation sites excluding steroid dienone is 1. The Labute approximate surface area is 64.0 Å². The lowest BCUT2D eigenvalue weighted by Gasteiger charge is -2.02. The van der Waals surface area contributed by atoms with Crippen LogP contribution in [0.1, 0.15) is 0 Å². The van der Waals surface area contributed by atoms with Gasteiger partial charge in [-0.15, -0.1) is 0 Å². The number of aliphatic hydroxyl groups is 4. The molecule has 0 heterocycles. The van der Waals surface area contributed by atoms with Crippen LogP contribution < -0.4 is 0 Å². The second-order valence-electron chi connectivity index (χ2n) is 1.83. The molecule has 4 nitrogen and oxygen atoms in total. The molecule has 62 valence electrons. The van der Waals surface area contributed by atoms with Gasteiger partial charge in [0.25, 0.3) is 0 Å². The van der Waals surface area contributed by atoms with Crippen molar-refractivity contribution >= 4 is 0 Å². The lowest BCUT2D eigenvalue weighted by molar-refractivity contribution is -0.00522. The molecule has 0 radical (unpaired) electrons. The molecular weight excluding hydrogens is 148 g/mol. The highest BCUT2D eigenvalue weighted by Crippen LogP contribution is 2.03. The highest BCUT2D eigenvalue weighted by Gasteiger charge is 2.02. The average molecular weight is 158 g/mol. The zero-order valence-electron chi connectivity index (χ0n) is 5.81. The summed E-state index contributed by atoms with van der Waals surface area (Å²) in [5.41, 5.74) is -0.0417. The molecule has 0 spiro atoms. The first kappa shape index (κ1) is 9.74. The number of rotatable bonds is 3. The Morgan fingerprint density at radius 2 is 1.91 bits per heavy atom. The lowest BCUT2D eigenvalue weighted by atomic mass is 10.2. The van der Waals surface area contributed by atoms with E-state index < -0.39 is 6.29 Å². The molecule has 0 aliphatic rings. The summed E-state index contributed by atoms with van der Waals surface area (Å²) in [7, 11) is 0. The Morgan fingerprint density at radius 3 is 2.18 bits per heavy atom. The van der Waals surface area contributed by atoms with Gasteiger partial charge in [-0.25, -0.2) is 0 Å². The molecule has 0 bridgehead atoms. The molecule has 0 rings (SSSR count). The van der Waals surface area contributed by atoms with Gasteiger partial charge in [0.05, 0.1) is 6.26 Å². The van der Waals surface area contributed by atoms with Crippen LogP contribution in [-0.2, 0) is 0 Å². The van der Waals surface area contributed by atoms with Crippen molar-refractivity contribution in [2.75, 3.05) is 0 Å². The monoisotopic (exact) mass is 158 g/mol. The van der Waals surface area contributed by atoms with Gasteiger partial charge in [-0.05, 0) is 12.2 Å². The van der Waals surface area contributed by atoms with E-state index in [-0.39, 0.29) is 11.3 Å². The SMILES string of the molecule is C=C(O)/C=C(\C=C/O)C(O)O. The van der Waals surface area contributed by atoms with Crippen LogP contribution in [0, 0.1) is 0 Å². The standard InChI is InChI=1S/C7H10O4/c1-5(9)4-6(2-3-8)7(10)11/h2-4,7-11H,1H2/b3-2-,6-4+. The van der Waals surface area contributed by atoms with Gasteiger partial charge in [-0.2, -0.15) is 0 Å². The normalized spacial score (nSPS) is 12.8. The van der Waals surface area contributed by atoms with E-state index in [4.69, 9.17) is 20.4 Å². The molecule has 0 aliphatic heterocycles. The summed E-state index contributed by atoms with van der Waals surface area (Å²) in [5.74, 6) is -0.314. The van der Waals surface area contributed by atoms with E-state index in [1.165, 1.54) is 0 Å². The summed E-state index contributed by atoms with van der Waals surface area (Å²) in [5, 5.41) is 34.0. The minimum atomic E-state index is -1.73. The molecule has 0 fully saturated rings. The van der Waals surface area contributed by atoms with Crippen LogP contribution in [-0.4, -0.2) is 26.7 Å². The predicted molar refractivity (Wildman–Crippen MR) is 39.8 cm³/mol. The summed E-state index contributed by atoms with van der Waals surface area (Å²) in [6.07, 6.45) is 0.958. The van der Waals surface area contributed by atoms with Crippen LogP contribution in [0.2, 0.25) is 0 Å². The Hall–Kier alpha value is -1.26. The van der Waals surface area contributed by atoms with Gasteiger partial charge in [0, 0.05) is 5.57 Å². The fourth-order valence-corrected chi connectivity index (χ4v) is 0.487. The molecule has 0 aliphatic carbocycles. The maximum Gasteiger partial charge on any atom is 0.178 e. The molecule has 0 saturated carbocycles. The molecule has 0 amide bonds. The van der Waals surface area contributed by atoms with Crippen molar-refractivity contribution in [1.29, 1.82) is 0 Å². The van der Waals surface area contributed by atoms with Gasteiger partial charge in [-0.1, -0.05) is 6.58 Å². The minimum Gasteiger partial charge on any atom is -0.516 e. The maximum atomic E-state index is 8.59. The van der Waals surface area contributed by atoms with E-state index in [1.807, 2.05) is 0 Å². The second-order valence-corrected chi connectivity index (χ2v) is 1.83. The van der Waals surface area contributed by atoms with Crippen molar-refractivity contribution in [1.82, 2.24) is 0 Å². The van der Waals surface area contributed by atoms with E-state index in [2.05, 4.69) is 6.58 Å². The predicted octanol–water partition coefficient (Wildman–Crippen LogP) is 0.367. The van der Waals surface area contributed by atoms with Gasteiger partial charge in [0.2, 0.25) is 0 Å². The first-order valence-corrected chi connectivity index (χ1v) is 2.84. The summed E-state index contributed by atoms with van der Waals surface area (Å²) in [6, 6.07) is 0. The minimum absolute atomic E-state index is 0.0417. The Morgan fingerprint density at radius 1 is 1.36 bits per heavy atom. The van der Waals surface area contributed by atoms with Crippen molar-refractivity contribution in [2.24, 2.45) is 0 Å². The molecule has 0 atom stereocenters. The first-order valence-electron chi connectivity index (χ1n) is 2.84. The highest BCUT2D eigenvalue weighted by atomic mass is 16.5. The largest absolute Gasteiger partial charge is 0.516 e. The second kappa shape index (κ2) is 4.54. The summed E-state index contributed by atoms with van der Waals surface area (Å²) >= 11 is 0. The quantitative estimate of drug-likeness (QED) is 0.272. The third kappa shape index (κ3) is 4.19. The van der Waals surface area contributed by atoms with E-state index in [0.29, 0.717) is 6.26 Å². The first-order chi connectivity index (χ1) is 5.07. The Kier molecular flexibility index (Phi) is 4.02. The zero-order valence-corrected chi connectivity index (χ0v) is 5.81. The third-order valence-corrected chi connectivity index (χ3v) is 0.898. The van der Waals surface area contributed by atoms with Gasteiger partial charge >= 0.3 is 0 Å². The summed E-state index contributed by atoms with van der Waals surface area (Å²) in [4.78, 5) is 0. The van der Waals surface area contributed by atoms with Crippen molar-refractivity contribution in [2.45, 2.75) is 6.29 Å². The molecule has 4 heteroatoms. The van der Waals surface area contributed by atoms with E-state index in [0.717, 1.165) is 12.2 Å². The summed E-state index contributed by atoms with van der Waals surface area (Å²) < 4.78 is 0. The van der Waals surface area contributed by atoms with Crippen molar-refractivity contribution in [3.8, 4) is 0 Å². The molecule has 0 aromatic heterocycles. The number of aliphatic hydroxyl groups excluding tert-OH is 3. The Bertz CT molecular complexity index is 191. The van der Waals surface area contributed by atoms with Gasteiger partial charge in [0.15, 0.2) is 6.29 Å². The molecule has 0 aromatic rings. The average Bonchev–Trinajstić information content (AvgIpc) is 1.86. The van der Waals surface area contributed by atoms with Crippen LogP contribution in [0.3, 0.4) is 0 Å². The highest BCUT2D eigenvalue weighted by molar-refractivity contribution is 5.25. The van der Waals surface area contributed by atoms with E-state index >= 15 is 0 Å². The van der Waals surface area contributed by atoms with E-state index in [1.54, 1.807) is 0 Å². The fraction of sp³-hybridized carbons (Fsp3) is 0.143. The van der Waals surface area contributed by atoms with Gasteiger partial charge in [-0.3, -0.25) is 0 Å². The molecule has 0 unspecified atom stereocenters. The van der Waals surface area contributed by atoms with Crippen LogP contribution in [0.4, 0.5) is 0 Å². The smallest absolute Gasteiger partial charge is 0.178 e. The number of hydrogen-bond donors (Lipinski definition) is 4. The molecule has 4 N–H and O–H groups in total. The number of hydrogen-bond acceptors (Lipinski definition) is 4. The van der Waals surface area contributed by atoms with Crippen molar-refractivity contribution in [3.63, 3.8) is 0 Å². The third-order valence-electron chi connectivity index (χ3n) is 0.898. The topological polar surface area (TPSA) is 80.9 Å². The van der Waals surface area contributed by atoms with Crippen LogP contribution in [0.25, 0.3) is 0 Å². The fourth-order valence-electron chi connectivity index (χ4n) is 0.487. The van der Waals surface area contributed by atoms with Crippen LogP contribution >= 0.6 is 0 Å². The van der Waals surface area contributed by atoms with E-state index in [9.17, 15) is 0 Å². The molecular formula is C7H10O4. The molecule has 0 saturated heterocycles. The molecule has 0 aromatic carbocycles. The zero-order chi connectivity index (χ0) is 8.85. The Balaban J connectivity index is 4.46. The van der Waals surface area contributed by atoms with Gasteiger partial charge < -0.3 is 20.4 Å². The summed E-state index contributed by atoms with van der Waals surface area (Å²) in [6.45, 7) is 3.10. The van der Waals surface area contributed by atoms with Crippen LogP contribution in [0.5, 0.6) is 0 Å². The maximum absolute atomic E-state index is 8.59. The van der Waals surface area contributed by atoms with Crippen molar-refractivity contribution in [3.05, 3.63) is 36.3 Å². The lowest BCUT2D eigenvalue weighted by Crippen LogP contribution is -2.06. The van der Waals surface area contributed by atoms with Crippen molar-refractivity contribution < 1.29 is 20.4 Å². The van der Waals surface area contributed by atoms with Gasteiger partial charge in [0.1, 0.15) is 5.76 Å². The van der Waals surface area contributed by atoms with Crippen LogP contribution in [0.15, 0.2) is 36.3 Å².